The summed E-state index contributed by atoms with van der Waals surface area (Å²) >= 11 is 0. The molecule has 0 aromatic rings. The van der Waals surface area contributed by atoms with Crippen molar-refractivity contribution in [2.45, 2.75) is 18.6 Å². The molecule has 2 fully saturated rings. The average molecular weight is 200 g/mol. The van der Waals surface area contributed by atoms with Gasteiger partial charge in [0.1, 0.15) is 0 Å². The Hall–Kier alpha value is -0.160. The predicted octanol–water partition coefficient (Wildman–Crippen LogP) is -0.304. The van der Waals surface area contributed by atoms with E-state index in [-0.39, 0.29) is 0 Å². The molecular formula is C10H20N2O2. The lowest BCUT2D eigenvalue weighted by molar-refractivity contribution is 0.0223. The molecule has 2 aliphatic rings. The van der Waals surface area contributed by atoms with Gasteiger partial charge in [-0.1, -0.05) is 0 Å². The summed E-state index contributed by atoms with van der Waals surface area (Å²) in [7, 11) is 1.71. The van der Waals surface area contributed by atoms with Gasteiger partial charge in [0.25, 0.3) is 0 Å². The van der Waals surface area contributed by atoms with Crippen LogP contribution in [0.5, 0.6) is 0 Å². The third-order valence-corrected chi connectivity index (χ3v) is 3.09. The number of rotatable bonds is 4. The number of nitrogens with one attached hydrogen (secondary N) is 1. The van der Waals surface area contributed by atoms with Crippen LogP contribution >= 0.6 is 0 Å². The maximum atomic E-state index is 5.74. The Labute approximate surface area is 85.5 Å². The van der Waals surface area contributed by atoms with Crippen molar-refractivity contribution in [1.82, 2.24) is 10.2 Å². The van der Waals surface area contributed by atoms with Crippen LogP contribution in [0.2, 0.25) is 0 Å². The first kappa shape index (κ1) is 10.4. The van der Waals surface area contributed by atoms with Crippen LogP contribution in [0.15, 0.2) is 0 Å². The fourth-order valence-electron chi connectivity index (χ4n) is 2.33. The van der Waals surface area contributed by atoms with E-state index in [4.69, 9.17) is 9.47 Å². The fourth-order valence-corrected chi connectivity index (χ4v) is 2.33. The lowest BCUT2D eigenvalue weighted by Crippen LogP contribution is -2.47. The highest BCUT2D eigenvalue weighted by Crippen LogP contribution is 2.20. The van der Waals surface area contributed by atoms with E-state index in [1.165, 1.54) is 13.0 Å². The molecule has 2 atom stereocenters. The molecule has 2 saturated heterocycles. The van der Waals surface area contributed by atoms with Crippen molar-refractivity contribution in [2.24, 2.45) is 0 Å². The lowest BCUT2D eigenvalue weighted by atomic mass is 10.2. The van der Waals surface area contributed by atoms with Crippen molar-refractivity contribution in [2.75, 3.05) is 46.5 Å². The average Bonchev–Trinajstić information content (AvgIpc) is 2.60. The lowest BCUT2D eigenvalue weighted by Gasteiger charge is -2.29. The summed E-state index contributed by atoms with van der Waals surface area (Å²) in [5, 5.41) is 3.42. The van der Waals surface area contributed by atoms with E-state index in [9.17, 15) is 0 Å². The minimum absolute atomic E-state index is 0.426. The maximum Gasteiger partial charge on any atom is 0.0718 e. The number of nitrogens with zero attached hydrogens (tertiary/aromatic N) is 1. The summed E-state index contributed by atoms with van der Waals surface area (Å²) in [5.41, 5.74) is 0. The molecule has 4 heteroatoms. The van der Waals surface area contributed by atoms with Gasteiger partial charge in [-0.05, 0) is 6.42 Å². The Morgan fingerprint density at radius 1 is 1.43 bits per heavy atom. The highest BCUT2D eigenvalue weighted by Gasteiger charge is 2.33. The van der Waals surface area contributed by atoms with E-state index in [1.54, 1.807) is 7.11 Å². The van der Waals surface area contributed by atoms with Gasteiger partial charge in [-0.25, -0.2) is 0 Å². The number of hydrogen-bond donors (Lipinski definition) is 1. The number of methoxy groups -OCH3 is 1. The van der Waals surface area contributed by atoms with Crippen molar-refractivity contribution < 1.29 is 9.47 Å². The van der Waals surface area contributed by atoms with Gasteiger partial charge < -0.3 is 14.8 Å². The molecule has 2 unspecified atom stereocenters. The molecule has 0 aromatic heterocycles. The van der Waals surface area contributed by atoms with Gasteiger partial charge in [0.15, 0.2) is 0 Å². The van der Waals surface area contributed by atoms with Gasteiger partial charge in [0.2, 0.25) is 0 Å². The number of piperazine rings is 1. The first-order valence-electron chi connectivity index (χ1n) is 5.45. The van der Waals surface area contributed by atoms with Crippen LogP contribution in [0.25, 0.3) is 0 Å². The molecule has 2 heterocycles. The SMILES string of the molecule is COCCOC1CC2CNCCN2C1. The molecule has 0 saturated carbocycles. The molecule has 0 aromatic carbocycles. The zero-order chi connectivity index (χ0) is 9.80. The smallest absolute Gasteiger partial charge is 0.0718 e. The van der Waals surface area contributed by atoms with Crippen molar-refractivity contribution in [3.05, 3.63) is 0 Å². The first-order valence-corrected chi connectivity index (χ1v) is 5.45. The number of fused-ring (bicyclic) bond motifs is 1. The standard InChI is InChI=1S/C10H20N2O2/c1-13-4-5-14-10-6-9-7-11-2-3-12(9)8-10/h9-11H,2-8H2,1H3. The monoisotopic (exact) mass is 200 g/mol. The molecule has 0 spiro atoms. The van der Waals surface area contributed by atoms with E-state index in [0.29, 0.717) is 18.8 Å². The van der Waals surface area contributed by atoms with E-state index in [2.05, 4.69) is 10.2 Å². The van der Waals surface area contributed by atoms with E-state index >= 15 is 0 Å². The summed E-state index contributed by atoms with van der Waals surface area (Å²) in [5.74, 6) is 0. The van der Waals surface area contributed by atoms with E-state index < -0.39 is 0 Å². The van der Waals surface area contributed by atoms with Crippen LogP contribution in [0.1, 0.15) is 6.42 Å². The molecule has 0 radical (unpaired) electrons. The Morgan fingerprint density at radius 3 is 3.14 bits per heavy atom. The van der Waals surface area contributed by atoms with Crippen molar-refractivity contribution in [3.63, 3.8) is 0 Å². The molecule has 0 amide bonds. The zero-order valence-electron chi connectivity index (χ0n) is 8.87. The van der Waals surface area contributed by atoms with Crippen molar-refractivity contribution >= 4 is 0 Å². The second-order valence-corrected chi connectivity index (χ2v) is 4.07. The molecule has 14 heavy (non-hydrogen) atoms. The third-order valence-electron chi connectivity index (χ3n) is 3.09. The first-order chi connectivity index (χ1) is 6.90. The summed E-state index contributed by atoms with van der Waals surface area (Å²) in [4.78, 5) is 2.54. The van der Waals surface area contributed by atoms with E-state index in [1.807, 2.05) is 0 Å². The summed E-state index contributed by atoms with van der Waals surface area (Å²) < 4.78 is 10.7. The summed E-state index contributed by atoms with van der Waals surface area (Å²) in [6, 6.07) is 0.705. The quantitative estimate of drug-likeness (QED) is 0.632. The highest BCUT2D eigenvalue weighted by molar-refractivity contribution is 4.90. The minimum atomic E-state index is 0.426. The number of ether oxygens (including phenoxy) is 2. The number of hydrogen-bond acceptors (Lipinski definition) is 4. The van der Waals surface area contributed by atoms with Gasteiger partial charge in [-0.2, -0.15) is 0 Å². The van der Waals surface area contributed by atoms with Crippen molar-refractivity contribution in [1.29, 1.82) is 0 Å². The Balaban J connectivity index is 1.70. The Bertz CT molecular complexity index is 164. The zero-order valence-corrected chi connectivity index (χ0v) is 8.87. The van der Waals surface area contributed by atoms with Crippen LogP contribution in [-0.2, 0) is 9.47 Å². The Kier molecular flexibility index (Phi) is 3.75. The van der Waals surface area contributed by atoms with Crippen molar-refractivity contribution in [3.8, 4) is 0 Å². The second-order valence-electron chi connectivity index (χ2n) is 4.07. The van der Waals surface area contributed by atoms with Crippen LogP contribution < -0.4 is 5.32 Å². The van der Waals surface area contributed by atoms with Gasteiger partial charge in [0, 0.05) is 39.3 Å². The third kappa shape index (κ3) is 2.45. The van der Waals surface area contributed by atoms with E-state index in [0.717, 1.165) is 26.2 Å². The summed E-state index contributed by atoms with van der Waals surface area (Å²) in [6.07, 6.45) is 1.60. The van der Waals surface area contributed by atoms with Gasteiger partial charge >= 0.3 is 0 Å². The molecule has 4 nitrogen and oxygen atoms in total. The molecule has 0 aliphatic carbocycles. The van der Waals surface area contributed by atoms with Crippen LogP contribution in [-0.4, -0.2) is 63.5 Å². The molecule has 2 rings (SSSR count). The predicted molar refractivity (Wildman–Crippen MR) is 54.5 cm³/mol. The van der Waals surface area contributed by atoms with Gasteiger partial charge in [-0.3, -0.25) is 4.90 Å². The molecule has 2 aliphatic heterocycles. The maximum absolute atomic E-state index is 5.74. The molecule has 82 valence electrons. The topological polar surface area (TPSA) is 33.7 Å². The highest BCUT2D eigenvalue weighted by atomic mass is 16.5. The van der Waals surface area contributed by atoms with Crippen LogP contribution in [0, 0.1) is 0 Å². The fraction of sp³-hybridized carbons (Fsp3) is 1.00. The Morgan fingerprint density at radius 2 is 2.36 bits per heavy atom. The normalized spacial score (nSPS) is 33.2. The van der Waals surface area contributed by atoms with Gasteiger partial charge in [0.05, 0.1) is 19.3 Å². The van der Waals surface area contributed by atoms with Crippen LogP contribution in [0.3, 0.4) is 0 Å². The minimum Gasteiger partial charge on any atom is -0.382 e. The molecular weight excluding hydrogens is 180 g/mol. The van der Waals surface area contributed by atoms with Crippen LogP contribution in [0.4, 0.5) is 0 Å². The second kappa shape index (κ2) is 5.07. The largest absolute Gasteiger partial charge is 0.382 e. The molecule has 1 N–H and O–H groups in total. The summed E-state index contributed by atoms with van der Waals surface area (Å²) in [6.45, 7) is 5.98. The molecule has 0 bridgehead atoms. The van der Waals surface area contributed by atoms with Gasteiger partial charge in [-0.15, -0.1) is 0 Å².